The first kappa shape index (κ1) is 27.9. The Morgan fingerprint density at radius 3 is 2.05 bits per heavy atom. The highest BCUT2D eigenvalue weighted by atomic mass is 19.4. The first-order chi connectivity index (χ1) is 17.9. The molecule has 1 N–H and O–H groups in total. The van der Waals surface area contributed by atoms with E-state index in [1.54, 1.807) is 0 Å². The number of hydrogen-bond acceptors (Lipinski definition) is 4. The molecule has 2 aromatic carbocycles. The zero-order valence-corrected chi connectivity index (χ0v) is 20.2. The molecule has 12 heteroatoms. The van der Waals surface area contributed by atoms with Gasteiger partial charge in [0.15, 0.2) is 0 Å². The number of ether oxygens (including phenoxy) is 1. The van der Waals surface area contributed by atoms with Crippen LogP contribution in [0, 0.1) is 17.5 Å². The number of amides is 1. The molecule has 0 bridgehead atoms. The van der Waals surface area contributed by atoms with Crippen molar-refractivity contribution in [2.45, 2.75) is 50.0 Å². The highest BCUT2D eigenvalue weighted by Gasteiger charge is 2.46. The van der Waals surface area contributed by atoms with Crippen molar-refractivity contribution in [3.8, 4) is 11.1 Å². The van der Waals surface area contributed by atoms with Crippen LogP contribution in [0.25, 0.3) is 11.1 Å². The smallest absolute Gasteiger partial charge is 0.475 e. The summed E-state index contributed by atoms with van der Waals surface area (Å²) in [5.74, 6) is -4.28. The topological polar surface area (TPSA) is 70.1 Å². The standard InChI is InChI=1S/C24H25F3N2O2.C2HF3O2/c25-18-3-1-16(2-4-18)17-11-21(26)20(22(27)12-17)13-28-9-7-24(8-10-28)15-29(19-5-6-19)23(30)14-31-24;3-2(4,5)1(6)7/h1-4,11-12,19H,5-10,13-15H2;(H,6,7). The van der Waals surface area contributed by atoms with E-state index in [1.165, 1.54) is 36.4 Å². The van der Waals surface area contributed by atoms with E-state index in [0.717, 1.165) is 25.7 Å². The number of halogens is 6. The molecular formula is C26H26F6N2O4. The van der Waals surface area contributed by atoms with Crippen LogP contribution in [-0.4, -0.2) is 70.8 Å². The summed E-state index contributed by atoms with van der Waals surface area (Å²) in [5.41, 5.74) is 0.657. The molecule has 1 amide bonds. The molecule has 1 spiro atoms. The fourth-order valence-corrected chi connectivity index (χ4v) is 4.67. The summed E-state index contributed by atoms with van der Waals surface area (Å²) in [4.78, 5) is 25.0. The third kappa shape index (κ3) is 6.65. The average molecular weight is 544 g/mol. The minimum atomic E-state index is -5.08. The van der Waals surface area contributed by atoms with Crippen molar-refractivity contribution in [3.05, 3.63) is 59.4 Å². The number of carboxylic acids is 1. The Labute approximate surface area is 214 Å². The Kier molecular flexibility index (Phi) is 8.03. The number of benzene rings is 2. The van der Waals surface area contributed by atoms with E-state index in [1.807, 2.05) is 9.80 Å². The molecule has 206 valence electrons. The predicted molar refractivity (Wildman–Crippen MR) is 123 cm³/mol. The van der Waals surface area contributed by atoms with Crippen LogP contribution in [0.3, 0.4) is 0 Å². The van der Waals surface area contributed by atoms with Gasteiger partial charge in [0.25, 0.3) is 0 Å². The highest BCUT2D eigenvalue weighted by Crippen LogP contribution is 2.37. The van der Waals surface area contributed by atoms with Gasteiger partial charge < -0.3 is 14.7 Å². The van der Waals surface area contributed by atoms with E-state index in [9.17, 15) is 31.1 Å². The average Bonchev–Trinajstić information content (AvgIpc) is 3.70. The zero-order chi connectivity index (χ0) is 27.7. The summed E-state index contributed by atoms with van der Waals surface area (Å²) in [5, 5.41) is 7.12. The summed E-state index contributed by atoms with van der Waals surface area (Å²) < 4.78 is 80.3. The van der Waals surface area contributed by atoms with Crippen LogP contribution in [0.5, 0.6) is 0 Å². The lowest BCUT2D eigenvalue weighted by molar-refractivity contribution is -0.192. The molecule has 3 fully saturated rings. The van der Waals surface area contributed by atoms with Gasteiger partial charge >= 0.3 is 12.1 Å². The third-order valence-electron chi connectivity index (χ3n) is 6.98. The second kappa shape index (κ2) is 10.9. The largest absolute Gasteiger partial charge is 0.490 e. The molecular weight excluding hydrogens is 518 g/mol. The summed E-state index contributed by atoms with van der Waals surface area (Å²) in [7, 11) is 0. The number of carboxylic acid groups (broad SMARTS) is 1. The maximum atomic E-state index is 14.8. The van der Waals surface area contributed by atoms with E-state index in [-0.39, 0.29) is 30.2 Å². The van der Waals surface area contributed by atoms with Gasteiger partial charge in [-0.15, -0.1) is 0 Å². The molecule has 0 aromatic heterocycles. The van der Waals surface area contributed by atoms with Gasteiger partial charge in [0, 0.05) is 31.2 Å². The van der Waals surface area contributed by atoms with E-state index in [4.69, 9.17) is 14.6 Å². The molecule has 3 aliphatic rings. The SMILES string of the molecule is O=C(O)C(F)(F)F.O=C1COC2(CCN(Cc3c(F)cc(-c4ccc(F)cc4)cc3F)CC2)CN1C1CC1. The summed E-state index contributed by atoms with van der Waals surface area (Å²) in [6, 6.07) is 8.54. The zero-order valence-electron chi connectivity index (χ0n) is 20.2. The monoisotopic (exact) mass is 544 g/mol. The molecule has 2 aromatic rings. The Morgan fingerprint density at radius 2 is 1.55 bits per heavy atom. The Bertz CT molecular complexity index is 1150. The van der Waals surface area contributed by atoms with Crippen LogP contribution in [0.1, 0.15) is 31.2 Å². The van der Waals surface area contributed by atoms with Crippen molar-refractivity contribution in [3.63, 3.8) is 0 Å². The Hall–Kier alpha value is -3.12. The number of carbonyl (C=O) groups is 2. The number of alkyl halides is 3. The quantitative estimate of drug-likeness (QED) is 0.563. The molecule has 5 rings (SSSR count). The second-order valence-corrected chi connectivity index (χ2v) is 9.73. The number of carbonyl (C=O) groups excluding carboxylic acids is 1. The van der Waals surface area contributed by atoms with Crippen molar-refractivity contribution < 1.29 is 45.8 Å². The number of morpholine rings is 1. The molecule has 0 atom stereocenters. The molecule has 38 heavy (non-hydrogen) atoms. The number of rotatable bonds is 4. The van der Waals surface area contributed by atoms with Gasteiger partial charge in [0.1, 0.15) is 24.1 Å². The van der Waals surface area contributed by atoms with E-state index in [0.29, 0.717) is 36.8 Å². The molecule has 0 unspecified atom stereocenters. The molecule has 1 saturated carbocycles. The lowest BCUT2D eigenvalue weighted by Gasteiger charge is -2.47. The number of hydrogen-bond donors (Lipinski definition) is 1. The van der Waals surface area contributed by atoms with E-state index in [2.05, 4.69) is 0 Å². The predicted octanol–water partition coefficient (Wildman–Crippen LogP) is 4.76. The number of aliphatic carboxylic acids is 1. The van der Waals surface area contributed by atoms with E-state index >= 15 is 0 Å². The van der Waals surface area contributed by atoms with Gasteiger partial charge in [-0.1, -0.05) is 12.1 Å². The van der Waals surface area contributed by atoms with Crippen LogP contribution < -0.4 is 0 Å². The van der Waals surface area contributed by atoms with E-state index < -0.39 is 29.6 Å². The van der Waals surface area contributed by atoms with Gasteiger partial charge in [-0.2, -0.15) is 13.2 Å². The van der Waals surface area contributed by atoms with Crippen molar-refractivity contribution >= 4 is 11.9 Å². The van der Waals surface area contributed by atoms with Crippen molar-refractivity contribution in [2.24, 2.45) is 0 Å². The Balaban J connectivity index is 0.000000426. The molecule has 2 saturated heterocycles. The van der Waals surface area contributed by atoms with Crippen molar-refractivity contribution in [1.29, 1.82) is 0 Å². The molecule has 1 aliphatic carbocycles. The lowest BCUT2D eigenvalue weighted by Crippen LogP contribution is -2.59. The summed E-state index contributed by atoms with van der Waals surface area (Å²) in [6.07, 6.45) is -1.47. The van der Waals surface area contributed by atoms with Crippen LogP contribution in [0.4, 0.5) is 26.3 Å². The fraction of sp³-hybridized carbons (Fsp3) is 0.462. The maximum Gasteiger partial charge on any atom is 0.490 e. The lowest BCUT2D eigenvalue weighted by atomic mass is 9.89. The van der Waals surface area contributed by atoms with Crippen molar-refractivity contribution in [2.75, 3.05) is 26.2 Å². The molecule has 6 nitrogen and oxygen atoms in total. The van der Waals surface area contributed by atoms with Crippen molar-refractivity contribution in [1.82, 2.24) is 9.80 Å². The van der Waals surface area contributed by atoms with Crippen LogP contribution in [-0.2, 0) is 20.9 Å². The number of nitrogens with zero attached hydrogens (tertiary/aromatic N) is 2. The molecule has 0 radical (unpaired) electrons. The van der Waals surface area contributed by atoms with Gasteiger partial charge in [-0.25, -0.2) is 18.0 Å². The normalized spacial score (nSPS) is 19.7. The fourth-order valence-electron chi connectivity index (χ4n) is 4.67. The first-order valence-electron chi connectivity index (χ1n) is 12.1. The van der Waals surface area contributed by atoms with Crippen LogP contribution >= 0.6 is 0 Å². The number of piperidine rings is 1. The minimum Gasteiger partial charge on any atom is -0.475 e. The third-order valence-corrected chi connectivity index (χ3v) is 6.98. The summed E-state index contributed by atoms with van der Waals surface area (Å²) >= 11 is 0. The van der Waals surface area contributed by atoms with Crippen LogP contribution in [0.2, 0.25) is 0 Å². The van der Waals surface area contributed by atoms with Crippen LogP contribution in [0.15, 0.2) is 36.4 Å². The highest BCUT2D eigenvalue weighted by molar-refractivity contribution is 5.79. The molecule has 2 aliphatic heterocycles. The minimum absolute atomic E-state index is 0.0427. The first-order valence-corrected chi connectivity index (χ1v) is 12.1. The van der Waals surface area contributed by atoms with Gasteiger partial charge in [0.05, 0.1) is 12.1 Å². The Morgan fingerprint density at radius 1 is 1.00 bits per heavy atom. The summed E-state index contributed by atoms with van der Waals surface area (Å²) in [6.45, 7) is 2.25. The van der Waals surface area contributed by atoms with Gasteiger partial charge in [0.2, 0.25) is 5.91 Å². The second-order valence-electron chi connectivity index (χ2n) is 9.73. The maximum absolute atomic E-state index is 14.8. The van der Waals surface area contributed by atoms with Gasteiger partial charge in [-0.05, 0) is 61.1 Å². The molecule has 2 heterocycles. The number of likely N-dealkylation sites (tertiary alicyclic amines) is 1. The van der Waals surface area contributed by atoms with Gasteiger partial charge in [-0.3, -0.25) is 9.69 Å².